The van der Waals surface area contributed by atoms with E-state index in [2.05, 4.69) is 37.5 Å². The van der Waals surface area contributed by atoms with Gasteiger partial charge in [0.15, 0.2) is 0 Å². The summed E-state index contributed by atoms with van der Waals surface area (Å²) in [5.41, 5.74) is 3.18. The fourth-order valence-corrected chi connectivity index (χ4v) is 6.19. The molecule has 0 fully saturated rings. The SMILES string of the molecule is CCOC(=O)c1cccc(C(CCNC(=O)OC(C)(C)C)NC(=O)c2cc3cc4c(nc3s2)CC[C@H](C(C)(C)C)C4)c1. The molecule has 4 rings (SSSR count). The minimum absolute atomic E-state index is 0.229. The Morgan fingerprint density at radius 1 is 1.10 bits per heavy atom. The lowest BCUT2D eigenvalue weighted by Crippen LogP contribution is -2.35. The molecule has 0 bridgehead atoms. The minimum atomic E-state index is -0.617. The van der Waals surface area contributed by atoms with Gasteiger partial charge in [0.1, 0.15) is 10.4 Å². The number of pyridine rings is 1. The highest BCUT2D eigenvalue weighted by molar-refractivity contribution is 7.20. The van der Waals surface area contributed by atoms with Crippen LogP contribution in [-0.4, -0.2) is 41.7 Å². The number of aryl methyl sites for hydroxylation is 1. The maximum Gasteiger partial charge on any atom is 0.407 e. The molecule has 1 unspecified atom stereocenters. The molecule has 9 heteroatoms. The largest absolute Gasteiger partial charge is 0.462 e. The molecule has 8 nitrogen and oxygen atoms in total. The molecule has 2 amide bonds. The minimum Gasteiger partial charge on any atom is -0.462 e. The Hall–Kier alpha value is -3.46. The summed E-state index contributed by atoms with van der Waals surface area (Å²) in [6.07, 6.45) is 2.94. The van der Waals surface area contributed by atoms with Gasteiger partial charge >= 0.3 is 12.1 Å². The number of benzene rings is 1. The fraction of sp³-hybridized carbons (Fsp3) is 0.515. The summed E-state index contributed by atoms with van der Waals surface area (Å²) in [5, 5.41) is 6.87. The number of thiophene rings is 1. The zero-order valence-corrected chi connectivity index (χ0v) is 26.6. The van der Waals surface area contributed by atoms with E-state index in [1.165, 1.54) is 16.9 Å². The first-order valence-corrected chi connectivity index (χ1v) is 15.5. The smallest absolute Gasteiger partial charge is 0.407 e. The van der Waals surface area contributed by atoms with Crippen molar-refractivity contribution in [1.82, 2.24) is 15.6 Å². The number of aromatic nitrogens is 1. The summed E-state index contributed by atoms with van der Waals surface area (Å²) < 4.78 is 10.5. The standard InChI is InChI=1S/C33H43N3O5S/c1-8-40-30(38)21-11-9-10-20(16-21)26(14-15-34-31(39)41-33(5,6)7)35-28(37)27-19-23-17-22-18-24(32(2,3)4)12-13-25(22)36-29(23)42-27/h9-11,16-17,19,24,26H,8,12-15,18H2,1-7H3,(H,34,39)(H,35,37)/t24-,26?/m0/s1. The van der Waals surface area contributed by atoms with Gasteiger partial charge < -0.3 is 20.1 Å². The number of amides is 2. The zero-order valence-electron chi connectivity index (χ0n) is 25.8. The first-order chi connectivity index (χ1) is 19.7. The van der Waals surface area contributed by atoms with Crippen molar-refractivity contribution in [2.75, 3.05) is 13.2 Å². The lowest BCUT2D eigenvalue weighted by Gasteiger charge is -2.34. The van der Waals surface area contributed by atoms with Crippen molar-refractivity contribution in [2.45, 2.75) is 85.8 Å². The lowest BCUT2D eigenvalue weighted by atomic mass is 9.71. The van der Waals surface area contributed by atoms with Gasteiger partial charge in [-0.15, -0.1) is 11.3 Å². The average Bonchev–Trinajstić information content (AvgIpc) is 3.32. The molecule has 3 aromatic rings. The number of rotatable bonds is 8. The quantitative estimate of drug-likeness (QED) is 0.272. The van der Waals surface area contributed by atoms with Gasteiger partial charge in [-0.2, -0.15) is 0 Å². The van der Waals surface area contributed by atoms with E-state index >= 15 is 0 Å². The van der Waals surface area contributed by atoms with Crippen LogP contribution in [0.3, 0.4) is 0 Å². The van der Waals surface area contributed by atoms with E-state index in [0.717, 1.165) is 40.7 Å². The normalized spacial score (nSPS) is 15.9. The molecule has 2 heterocycles. The van der Waals surface area contributed by atoms with E-state index in [9.17, 15) is 14.4 Å². The Morgan fingerprint density at radius 3 is 2.55 bits per heavy atom. The van der Waals surface area contributed by atoms with E-state index < -0.39 is 23.7 Å². The second-order valence-corrected chi connectivity index (χ2v) is 14.0. The third-order valence-corrected chi connectivity index (χ3v) is 8.57. The number of esters is 1. The van der Waals surface area contributed by atoms with Gasteiger partial charge in [0.05, 0.1) is 23.1 Å². The summed E-state index contributed by atoms with van der Waals surface area (Å²) in [7, 11) is 0. The average molecular weight is 594 g/mol. The van der Waals surface area contributed by atoms with Crippen LogP contribution in [-0.2, 0) is 22.3 Å². The second-order valence-electron chi connectivity index (χ2n) is 13.0. The van der Waals surface area contributed by atoms with Crippen LogP contribution in [0.25, 0.3) is 10.2 Å². The van der Waals surface area contributed by atoms with Gasteiger partial charge in [-0.1, -0.05) is 32.9 Å². The molecule has 0 saturated heterocycles. The van der Waals surface area contributed by atoms with Crippen molar-refractivity contribution < 1.29 is 23.9 Å². The molecule has 1 aliphatic rings. The Labute approximate surface area is 252 Å². The maximum atomic E-state index is 13.6. The van der Waals surface area contributed by atoms with Crippen molar-refractivity contribution in [2.24, 2.45) is 11.3 Å². The third kappa shape index (κ3) is 8.09. The number of nitrogens with one attached hydrogen (secondary N) is 2. The molecule has 2 aromatic heterocycles. The van der Waals surface area contributed by atoms with Crippen LogP contribution < -0.4 is 10.6 Å². The van der Waals surface area contributed by atoms with Crippen LogP contribution in [0, 0.1) is 11.3 Å². The first-order valence-electron chi connectivity index (χ1n) is 14.7. The van der Waals surface area contributed by atoms with Crippen LogP contribution in [0.4, 0.5) is 4.79 Å². The molecule has 1 aromatic carbocycles. The highest BCUT2D eigenvalue weighted by Crippen LogP contribution is 2.38. The predicted octanol–water partition coefficient (Wildman–Crippen LogP) is 7.01. The van der Waals surface area contributed by atoms with Crippen molar-refractivity contribution in [3.63, 3.8) is 0 Å². The monoisotopic (exact) mass is 593 g/mol. The molecule has 2 N–H and O–H groups in total. The second kappa shape index (κ2) is 12.8. The number of alkyl carbamates (subject to hydrolysis) is 1. The number of carbonyl (C=O) groups excluding carboxylic acids is 3. The predicted molar refractivity (Wildman–Crippen MR) is 166 cm³/mol. The van der Waals surface area contributed by atoms with Gasteiger partial charge in [0.2, 0.25) is 0 Å². The van der Waals surface area contributed by atoms with Crippen LogP contribution >= 0.6 is 11.3 Å². The number of carbonyl (C=O) groups is 3. The molecule has 1 aliphatic carbocycles. The van der Waals surface area contributed by atoms with E-state index in [1.807, 2.05) is 12.1 Å². The van der Waals surface area contributed by atoms with Gasteiger partial charge in [0, 0.05) is 17.6 Å². The molecule has 0 spiro atoms. The third-order valence-electron chi connectivity index (χ3n) is 7.53. The van der Waals surface area contributed by atoms with Crippen molar-refractivity contribution in [1.29, 1.82) is 0 Å². The number of hydrogen-bond donors (Lipinski definition) is 2. The fourth-order valence-electron chi connectivity index (χ4n) is 5.26. The zero-order chi connectivity index (χ0) is 30.7. The van der Waals surface area contributed by atoms with E-state index in [1.54, 1.807) is 45.9 Å². The van der Waals surface area contributed by atoms with Gasteiger partial charge in [0.25, 0.3) is 5.91 Å². The molecular weight excluding hydrogens is 550 g/mol. The summed E-state index contributed by atoms with van der Waals surface area (Å²) in [6.45, 7) is 14.6. The molecule has 0 saturated carbocycles. The first kappa shape index (κ1) is 31.5. The van der Waals surface area contributed by atoms with Crippen molar-refractivity contribution in [3.05, 3.63) is 63.7 Å². The molecule has 42 heavy (non-hydrogen) atoms. The van der Waals surface area contributed by atoms with Crippen LogP contribution in [0.15, 0.2) is 36.4 Å². The Kier molecular flexibility index (Phi) is 9.60. The van der Waals surface area contributed by atoms with Gasteiger partial charge in [-0.05, 0) is 100 Å². The number of fused-ring (bicyclic) bond motifs is 2. The highest BCUT2D eigenvalue weighted by atomic mass is 32.1. The molecule has 2 atom stereocenters. The Morgan fingerprint density at radius 2 is 1.86 bits per heavy atom. The molecule has 0 radical (unpaired) electrons. The van der Waals surface area contributed by atoms with Crippen molar-refractivity contribution >= 4 is 39.5 Å². The van der Waals surface area contributed by atoms with Gasteiger partial charge in [-0.3, -0.25) is 4.79 Å². The highest BCUT2D eigenvalue weighted by Gasteiger charge is 2.30. The summed E-state index contributed by atoms with van der Waals surface area (Å²) >= 11 is 1.38. The number of ether oxygens (including phenoxy) is 2. The number of hydrogen-bond acceptors (Lipinski definition) is 7. The Bertz CT molecular complexity index is 1450. The Balaban J connectivity index is 1.54. The topological polar surface area (TPSA) is 107 Å². The maximum absolute atomic E-state index is 13.6. The lowest BCUT2D eigenvalue weighted by molar-refractivity contribution is 0.0516. The van der Waals surface area contributed by atoms with E-state index in [-0.39, 0.29) is 24.5 Å². The van der Waals surface area contributed by atoms with E-state index in [4.69, 9.17) is 14.5 Å². The van der Waals surface area contributed by atoms with Crippen molar-refractivity contribution in [3.8, 4) is 0 Å². The number of nitrogens with zero attached hydrogens (tertiary/aromatic N) is 1. The van der Waals surface area contributed by atoms with Crippen LogP contribution in [0.1, 0.15) is 104 Å². The van der Waals surface area contributed by atoms with Crippen LogP contribution in [0.2, 0.25) is 0 Å². The molecule has 226 valence electrons. The summed E-state index contributed by atoms with van der Waals surface area (Å²) in [5.74, 6) is -0.0528. The summed E-state index contributed by atoms with van der Waals surface area (Å²) in [4.78, 5) is 44.6. The summed E-state index contributed by atoms with van der Waals surface area (Å²) in [6, 6.07) is 10.7. The van der Waals surface area contributed by atoms with Gasteiger partial charge in [-0.25, -0.2) is 14.6 Å². The van der Waals surface area contributed by atoms with E-state index in [0.29, 0.717) is 22.8 Å². The molecular formula is C33H43N3O5S. The molecule has 0 aliphatic heterocycles. The van der Waals surface area contributed by atoms with Crippen LogP contribution in [0.5, 0.6) is 0 Å².